The molecule has 0 unspecified atom stereocenters. The lowest BCUT2D eigenvalue weighted by Gasteiger charge is -2.33. The Kier molecular flexibility index (Phi) is 4.97. The van der Waals surface area contributed by atoms with Gasteiger partial charge in [0.15, 0.2) is 5.78 Å². The number of anilines is 1. The van der Waals surface area contributed by atoms with Gasteiger partial charge in [0.1, 0.15) is 0 Å². The molecule has 1 aromatic carbocycles. The average Bonchev–Trinajstić information content (AvgIpc) is 2.46. The van der Waals surface area contributed by atoms with Crippen molar-refractivity contribution >= 4 is 11.5 Å². The second-order valence-electron chi connectivity index (χ2n) is 5.43. The van der Waals surface area contributed by atoms with E-state index in [9.17, 15) is 4.79 Å². The number of piperidine rings is 1. The maximum atomic E-state index is 11.4. The minimum atomic E-state index is 0.144. The van der Waals surface area contributed by atoms with Crippen molar-refractivity contribution in [3.05, 3.63) is 29.8 Å². The Hall–Kier alpha value is -1.35. The third kappa shape index (κ3) is 3.80. The number of carbonyl (C=O) groups is 1. The van der Waals surface area contributed by atoms with E-state index in [-0.39, 0.29) is 5.78 Å². The summed E-state index contributed by atoms with van der Waals surface area (Å²) in [5.41, 5.74) is 2.01. The second-order valence-corrected chi connectivity index (χ2v) is 5.43. The van der Waals surface area contributed by atoms with Crippen LogP contribution in [0.2, 0.25) is 0 Å². The standard InChI is InChI=1S/C16H24N2O/c1-13(19)15-4-3-5-16(12-15)18-10-7-14(8-11-18)6-9-17-2/h3-5,12,14,17H,6-11H2,1-2H3. The molecule has 0 aliphatic carbocycles. The van der Waals surface area contributed by atoms with Gasteiger partial charge in [-0.2, -0.15) is 0 Å². The highest BCUT2D eigenvalue weighted by molar-refractivity contribution is 5.94. The fourth-order valence-electron chi connectivity index (χ4n) is 2.75. The summed E-state index contributed by atoms with van der Waals surface area (Å²) < 4.78 is 0. The quantitative estimate of drug-likeness (QED) is 0.826. The van der Waals surface area contributed by atoms with Crippen LogP contribution in [-0.4, -0.2) is 32.5 Å². The van der Waals surface area contributed by atoms with Crippen LogP contribution >= 0.6 is 0 Å². The van der Waals surface area contributed by atoms with Gasteiger partial charge in [-0.05, 0) is 57.8 Å². The Morgan fingerprint density at radius 1 is 1.37 bits per heavy atom. The maximum absolute atomic E-state index is 11.4. The summed E-state index contributed by atoms with van der Waals surface area (Å²) >= 11 is 0. The molecule has 3 nitrogen and oxygen atoms in total. The summed E-state index contributed by atoms with van der Waals surface area (Å²) in [7, 11) is 2.02. The van der Waals surface area contributed by atoms with E-state index in [2.05, 4.69) is 16.3 Å². The monoisotopic (exact) mass is 260 g/mol. The van der Waals surface area contributed by atoms with E-state index in [1.807, 2.05) is 25.2 Å². The highest BCUT2D eigenvalue weighted by atomic mass is 16.1. The number of ketones is 1. The first-order valence-corrected chi connectivity index (χ1v) is 7.21. The number of rotatable bonds is 5. The molecular formula is C16H24N2O. The van der Waals surface area contributed by atoms with E-state index in [1.165, 1.54) is 24.9 Å². The molecule has 0 saturated carbocycles. The van der Waals surface area contributed by atoms with Gasteiger partial charge in [0.25, 0.3) is 0 Å². The van der Waals surface area contributed by atoms with Gasteiger partial charge in [-0.15, -0.1) is 0 Å². The number of hydrogen-bond donors (Lipinski definition) is 1. The molecule has 0 aromatic heterocycles. The first-order chi connectivity index (χ1) is 9.20. The molecule has 1 fully saturated rings. The van der Waals surface area contributed by atoms with Gasteiger partial charge in [-0.1, -0.05) is 12.1 Å². The van der Waals surface area contributed by atoms with Crippen molar-refractivity contribution in [1.29, 1.82) is 0 Å². The van der Waals surface area contributed by atoms with Crippen LogP contribution < -0.4 is 10.2 Å². The number of benzene rings is 1. The first-order valence-electron chi connectivity index (χ1n) is 7.21. The molecule has 0 bridgehead atoms. The lowest BCUT2D eigenvalue weighted by Crippen LogP contribution is -2.34. The van der Waals surface area contributed by atoms with Crippen LogP contribution in [0.5, 0.6) is 0 Å². The smallest absolute Gasteiger partial charge is 0.159 e. The maximum Gasteiger partial charge on any atom is 0.159 e. The predicted octanol–water partition coefficient (Wildman–Crippen LogP) is 2.72. The molecule has 3 heteroatoms. The van der Waals surface area contributed by atoms with E-state index < -0.39 is 0 Å². The van der Waals surface area contributed by atoms with Gasteiger partial charge >= 0.3 is 0 Å². The van der Waals surface area contributed by atoms with Crippen LogP contribution in [0.4, 0.5) is 5.69 Å². The van der Waals surface area contributed by atoms with Gasteiger partial charge in [0, 0.05) is 24.3 Å². The Bertz CT molecular complexity index is 423. The molecule has 104 valence electrons. The molecule has 0 radical (unpaired) electrons. The average molecular weight is 260 g/mol. The van der Waals surface area contributed by atoms with Crippen LogP contribution in [0.3, 0.4) is 0 Å². The van der Waals surface area contributed by atoms with Crippen LogP contribution in [0.15, 0.2) is 24.3 Å². The first kappa shape index (κ1) is 14.1. The van der Waals surface area contributed by atoms with Crippen molar-refractivity contribution < 1.29 is 4.79 Å². The topological polar surface area (TPSA) is 32.3 Å². The number of nitrogens with zero attached hydrogens (tertiary/aromatic N) is 1. The number of Topliss-reactive ketones (excluding diaryl/α,β-unsaturated/α-hetero) is 1. The van der Waals surface area contributed by atoms with Crippen molar-refractivity contribution in [3.8, 4) is 0 Å². The molecule has 19 heavy (non-hydrogen) atoms. The zero-order chi connectivity index (χ0) is 13.7. The highest BCUT2D eigenvalue weighted by Gasteiger charge is 2.19. The molecule has 0 atom stereocenters. The van der Waals surface area contributed by atoms with Crippen LogP contribution in [0.25, 0.3) is 0 Å². The van der Waals surface area contributed by atoms with Crippen molar-refractivity contribution in [1.82, 2.24) is 5.32 Å². The summed E-state index contributed by atoms with van der Waals surface area (Å²) in [6.07, 6.45) is 3.79. The van der Waals surface area contributed by atoms with E-state index in [0.717, 1.165) is 31.1 Å². The van der Waals surface area contributed by atoms with Crippen molar-refractivity contribution in [2.75, 3.05) is 31.6 Å². The predicted molar refractivity (Wildman–Crippen MR) is 79.9 cm³/mol. The highest BCUT2D eigenvalue weighted by Crippen LogP contribution is 2.25. The molecular weight excluding hydrogens is 236 g/mol. The van der Waals surface area contributed by atoms with E-state index in [0.29, 0.717) is 0 Å². The minimum Gasteiger partial charge on any atom is -0.371 e. The molecule has 1 heterocycles. The zero-order valence-electron chi connectivity index (χ0n) is 12.0. The molecule has 0 spiro atoms. The fourth-order valence-corrected chi connectivity index (χ4v) is 2.75. The fraction of sp³-hybridized carbons (Fsp3) is 0.562. The van der Waals surface area contributed by atoms with Gasteiger partial charge in [0.05, 0.1) is 0 Å². The normalized spacial score (nSPS) is 16.6. The minimum absolute atomic E-state index is 0.144. The summed E-state index contributed by atoms with van der Waals surface area (Å²) in [5, 5.41) is 3.23. The van der Waals surface area contributed by atoms with E-state index in [1.54, 1.807) is 6.92 Å². The largest absolute Gasteiger partial charge is 0.371 e. The second kappa shape index (κ2) is 6.71. The van der Waals surface area contributed by atoms with Crippen LogP contribution in [0, 0.1) is 5.92 Å². The molecule has 0 amide bonds. The lowest BCUT2D eigenvalue weighted by molar-refractivity contribution is 0.101. The van der Waals surface area contributed by atoms with Gasteiger partial charge < -0.3 is 10.2 Å². The zero-order valence-corrected chi connectivity index (χ0v) is 12.0. The van der Waals surface area contributed by atoms with Crippen LogP contribution in [-0.2, 0) is 0 Å². The Balaban J connectivity index is 1.94. The van der Waals surface area contributed by atoms with Crippen molar-refractivity contribution in [2.45, 2.75) is 26.2 Å². The Morgan fingerprint density at radius 2 is 2.11 bits per heavy atom. The Labute approximate surface area is 116 Å². The molecule has 1 aliphatic heterocycles. The Morgan fingerprint density at radius 3 is 2.74 bits per heavy atom. The summed E-state index contributed by atoms with van der Waals surface area (Å²) in [4.78, 5) is 13.8. The molecule has 1 N–H and O–H groups in total. The van der Waals surface area contributed by atoms with E-state index in [4.69, 9.17) is 0 Å². The number of nitrogens with one attached hydrogen (secondary N) is 1. The van der Waals surface area contributed by atoms with E-state index >= 15 is 0 Å². The van der Waals surface area contributed by atoms with Crippen molar-refractivity contribution in [3.63, 3.8) is 0 Å². The van der Waals surface area contributed by atoms with Crippen LogP contribution in [0.1, 0.15) is 36.5 Å². The molecule has 1 aliphatic rings. The molecule has 1 saturated heterocycles. The SMILES string of the molecule is CNCCC1CCN(c2cccc(C(C)=O)c2)CC1. The van der Waals surface area contributed by atoms with Gasteiger partial charge in [-0.25, -0.2) is 0 Å². The third-order valence-corrected chi connectivity index (χ3v) is 4.03. The third-order valence-electron chi connectivity index (χ3n) is 4.03. The van der Waals surface area contributed by atoms with Crippen molar-refractivity contribution in [2.24, 2.45) is 5.92 Å². The summed E-state index contributed by atoms with van der Waals surface area (Å²) in [6.45, 7) is 4.96. The molecule has 2 rings (SSSR count). The number of carbonyl (C=O) groups excluding carboxylic acids is 1. The lowest BCUT2D eigenvalue weighted by atomic mass is 9.93. The molecule has 1 aromatic rings. The summed E-state index contributed by atoms with van der Waals surface area (Å²) in [5.74, 6) is 0.991. The number of hydrogen-bond acceptors (Lipinski definition) is 3. The summed E-state index contributed by atoms with van der Waals surface area (Å²) in [6, 6.07) is 8.02. The van der Waals surface area contributed by atoms with Gasteiger partial charge in [-0.3, -0.25) is 4.79 Å². The van der Waals surface area contributed by atoms with Gasteiger partial charge in [0.2, 0.25) is 0 Å².